The Morgan fingerprint density at radius 1 is 1.17 bits per heavy atom. The molecule has 0 fully saturated rings. The predicted molar refractivity (Wildman–Crippen MR) is 117 cm³/mol. The molecule has 158 valence electrons. The molecule has 2 aromatic carbocycles. The zero-order chi connectivity index (χ0) is 21.9. The van der Waals surface area contributed by atoms with Crippen LogP contribution in [0.5, 0.6) is 11.5 Å². The van der Waals surface area contributed by atoms with Gasteiger partial charge in [0, 0.05) is 0 Å². The maximum absolute atomic E-state index is 12.3. The molecule has 0 unspecified atom stereocenters. The van der Waals surface area contributed by atoms with E-state index in [1.807, 2.05) is 6.92 Å². The Morgan fingerprint density at radius 3 is 2.63 bits per heavy atom. The zero-order valence-electron chi connectivity index (χ0n) is 16.5. The normalized spacial score (nSPS) is 10.3. The Kier molecular flexibility index (Phi) is 8.57. The van der Waals surface area contributed by atoms with Gasteiger partial charge in [-0.3, -0.25) is 10.2 Å². The van der Waals surface area contributed by atoms with Crippen LogP contribution in [0.2, 0.25) is 0 Å². The third-order valence-corrected chi connectivity index (χ3v) is 3.71. The number of amides is 1. The van der Waals surface area contributed by atoms with E-state index in [0.717, 1.165) is 0 Å². The minimum absolute atomic E-state index is 0.0519. The van der Waals surface area contributed by atoms with Crippen LogP contribution in [0.4, 0.5) is 5.69 Å². The highest BCUT2D eigenvalue weighted by Gasteiger charge is 2.14. The lowest BCUT2D eigenvalue weighted by Gasteiger charge is -2.13. The summed E-state index contributed by atoms with van der Waals surface area (Å²) in [4.78, 5) is 24.1. The van der Waals surface area contributed by atoms with Crippen LogP contribution in [0.1, 0.15) is 22.8 Å². The minimum atomic E-state index is -0.549. The lowest BCUT2D eigenvalue weighted by atomic mass is 10.2. The van der Waals surface area contributed by atoms with Crippen molar-refractivity contribution < 1.29 is 23.8 Å². The van der Waals surface area contributed by atoms with Gasteiger partial charge in [-0.1, -0.05) is 12.1 Å². The number of carbonyl (C=O) groups excluding carboxylic acids is 2. The molecule has 0 radical (unpaired) electrons. The van der Waals surface area contributed by atoms with Crippen molar-refractivity contribution in [3.8, 4) is 11.5 Å². The molecule has 9 nitrogen and oxygen atoms in total. The first-order valence-electron chi connectivity index (χ1n) is 8.90. The second kappa shape index (κ2) is 11.4. The number of ether oxygens (including phenoxy) is 3. The van der Waals surface area contributed by atoms with E-state index in [4.69, 9.17) is 19.9 Å². The van der Waals surface area contributed by atoms with Crippen molar-refractivity contribution in [3.63, 3.8) is 0 Å². The standard InChI is InChI=1S/C20H22N4O5S/c1-3-28-17-10-13(11-22-24-20(21)30)8-9-16(17)29-12-18(25)23-15-7-5-4-6-14(15)19(26)27-2/h4-11H,3,12H2,1-2H3,(H,23,25)(H3,21,24,30). The average Bonchev–Trinajstić information content (AvgIpc) is 2.73. The molecule has 0 saturated carbocycles. The molecule has 0 spiro atoms. The van der Waals surface area contributed by atoms with Gasteiger partial charge in [0.2, 0.25) is 0 Å². The lowest BCUT2D eigenvalue weighted by Crippen LogP contribution is -2.24. The van der Waals surface area contributed by atoms with E-state index >= 15 is 0 Å². The smallest absolute Gasteiger partial charge is 0.339 e. The van der Waals surface area contributed by atoms with E-state index in [1.165, 1.54) is 13.3 Å². The first-order chi connectivity index (χ1) is 14.4. The Morgan fingerprint density at radius 2 is 1.93 bits per heavy atom. The van der Waals surface area contributed by atoms with E-state index < -0.39 is 11.9 Å². The SMILES string of the molecule is CCOc1cc(C=NNC(N)=S)ccc1OCC(=O)Nc1ccccc1C(=O)OC. The fraction of sp³-hybridized carbons (Fsp3) is 0.200. The van der Waals surface area contributed by atoms with Gasteiger partial charge < -0.3 is 25.3 Å². The molecule has 0 atom stereocenters. The van der Waals surface area contributed by atoms with Crippen molar-refractivity contribution in [2.24, 2.45) is 10.8 Å². The number of thiocarbonyl (C=S) groups is 1. The Labute approximate surface area is 179 Å². The van der Waals surface area contributed by atoms with Gasteiger partial charge in [-0.2, -0.15) is 5.10 Å². The van der Waals surface area contributed by atoms with Crippen LogP contribution in [0.15, 0.2) is 47.6 Å². The number of nitrogens with one attached hydrogen (secondary N) is 2. The summed E-state index contributed by atoms with van der Waals surface area (Å²) in [6.07, 6.45) is 1.52. The van der Waals surface area contributed by atoms with Crippen LogP contribution in [0.3, 0.4) is 0 Å². The number of nitrogens with two attached hydrogens (primary N) is 1. The summed E-state index contributed by atoms with van der Waals surface area (Å²) in [5.74, 6) is -0.167. The van der Waals surface area contributed by atoms with E-state index in [-0.39, 0.29) is 17.3 Å². The number of anilines is 1. The zero-order valence-corrected chi connectivity index (χ0v) is 17.3. The van der Waals surface area contributed by atoms with Gasteiger partial charge in [-0.15, -0.1) is 0 Å². The number of rotatable bonds is 9. The van der Waals surface area contributed by atoms with Crippen LogP contribution in [-0.4, -0.2) is 43.5 Å². The number of methoxy groups -OCH3 is 1. The number of carbonyl (C=O) groups is 2. The summed E-state index contributed by atoms with van der Waals surface area (Å²) < 4.78 is 15.9. The first kappa shape index (κ1) is 22.6. The number of hydrogen-bond acceptors (Lipinski definition) is 7. The summed E-state index contributed by atoms with van der Waals surface area (Å²) in [6.45, 7) is 1.95. The fourth-order valence-corrected chi connectivity index (χ4v) is 2.43. The number of hydrogen-bond donors (Lipinski definition) is 3. The second-order valence-electron chi connectivity index (χ2n) is 5.75. The summed E-state index contributed by atoms with van der Waals surface area (Å²) in [5.41, 5.74) is 9.07. The topological polar surface area (TPSA) is 124 Å². The minimum Gasteiger partial charge on any atom is -0.490 e. The summed E-state index contributed by atoms with van der Waals surface area (Å²) in [6, 6.07) is 11.6. The maximum Gasteiger partial charge on any atom is 0.339 e. The number of nitrogens with zero attached hydrogens (tertiary/aromatic N) is 1. The van der Waals surface area contributed by atoms with Crippen LogP contribution < -0.4 is 25.9 Å². The first-order valence-corrected chi connectivity index (χ1v) is 9.30. The Balaban J connectivity index is 2.06. The van der Waals surface area contributed by atoms with E-state index in [9.17, 15) is 9.59 Å². The highest BCUT2D eigenvalue weighted by molar-refractivity contribution is 7.80. The Hall–Kier alpha value is -3.66. The largest absolute Gasteiger partial charge is 0.490 e. The molecule has 0 heterocycles. The van der Waals surface area contributed by atoms with Crippen LogP contribution in [-0.2, 0) is 9.53 Å². The van der Waals surface area contributed by atoms with E-state index in [1.54, 1.807) is 42.5 Å². The van der Waals surface area contributed by atoms with Crippen molar-refractivity contribution >= 4 is 41.1 Å². The molecule has 0 aromatic heterocycles. The molecule has 0 aliphatic heterocycles. The lowest BCUT2D eigenvalue weighted by molar-refractivity contribution is -0.118. The van der Waals surface area contributed by atoms with Gasteiger partial charge in [-0.25, -0.2) is 4.79 Å². The third-order valence-electron chi connectivity index (χ3n) is 3.62. The van der Waals surface area contributed by atoms with Gasteiger partial charge in [0.15, 0.2) is 23.2 Å². The molecule has 10 heteroatoms. The monoisotopic (exact) mass is 430 g/mol. The van der Waals surface area contributed by atoms with Crippen molar-refractivity contribution in [1.29, 1.82) is 0 Å². The molecule has 0 bridgehead atoms. The highest BCUT2D eigenvalue weighted by atomic mass is 32.1. The molecular weight excluding hydrogens is 408 g/mol. The number of benzene rings is 2. The molecule has 1 amide bonds. The van der Waals surface area contributed by atoms with Crippen molar-refractivity contribution in [2.75, 3.05) is 25.6 Å². The molecule has 2 rings (SSSR count). The summed E-state index contributed by atoms with van der Waals surface area (Å²) >= 11 is 4.68. The van der Waals surface area contributed by atoms with Gasteiger partial charge >= 0.3 is 5.97 Å². The van der Waals surface area contributed by atoms with Crippen LogP contribution in [0, 0.1) is 0 Å². The van der Waals surface area contributed by atoms with Gasteiger partial charge in [0.1, 0.15) is 0 Å². The number of hydrazone groups is 1. The molecule has 0 saturated heterocycles. The second-order valence-corrected chi connectivity index (χ2v) is 6.19. The van der Waals surface area contributed by atoms with Crippen LogP contribution in [0.25, 0.3) is 0 Å². The quantitative estimate of drug-likeness (QED) is 0.239. The highest BCUT2D eigenvalue weighted by Crippen LogP contribution is 2.28. The number of esters is 1. The average molecular weight is 430 g/mol. The van der Waals surface area contributed by atoms with Crippen LogP contribution >= 0.6 is 12.2 Å². The molecule has 4 N–H and O–H groups in total. The van der Waals surface area contributed by atoms with Crippen molar-refractivity contribution in [3.05, 3.63) is 53.6 Å². The van der Waals surface area contributed by atoms with E-state index in [2.05, 4.69) is 28.1 Å². The van der Waals surface area contributed by atoms with Gasteiger partial charge in [0.05, 0.1) is 31.2 Å². The Bertz CT molecular complexity index is 949. The van der Waals surface area contributed by atoms with Crippen molar-refractivity contribution in [2.45, 2.75) is 6.92 Å². The fourth-order valence-electron chi connectivity index (χ4n) is 2.37. The molecule has 0 aliphatic carbocycles. The number of para-hydroxylation sites is 1. The molecule has 30 heavy (non-hydrogen) atoms. The predicted octanol–water partition coefficient (Wildman–Crippen LogP) is 2.06. The van der Waals surface area contributed by atoms with E-state index in [0.29, 0.717) is 29.4 Å². The summed E-state index contributed by atoms with van der Waals surface area (Å²) in [5, 5.41) is 6.57. The molecule has 0 aliphatic rings. The maximum atomic E-state index is 12.3. The van der Waals surface area contributed by atoms with Gasteiger partial charge in [-0.05, 0) is 55.0 Å². The van der Waals surface area contributed by atoms with Crippen molar-refractivity contribution in [1.82, 2.24) is 5.43 Å². The third kappa shape index (κ3) is 6.74. The summed E-state index contributed by atoms with van der Waals surface area (Å²) in [7, 11) is 1.27. The molecular formula is C20H22N4O5S. The molecule has 2 aromatic rings. The van der Waals surface area contributed by atoms with Gasteiger partial charge in [0.25, 0.3) is 5.91 Å².